The molecule has 4 nitrogen and oxygen atoms in total. The smallest absolute Gasteiger partial charge is 0.271 e. The van der Waals surface area contributed by atoms with Crippen molar-refractivity contribution in [3.8, 4) is 0 Å². The minimum atomic E-state index is -0.216. The Morgan fingerprint density at radius 2 is 1.78 bits per heavy atom. The molecular weight excluding hydrogens is 449 g/mol. The summed E-state index contributed by atoms with van der Waals surface area (Å²) >= 11 is 2.21. The second-order valence-electron chi connectivity index (χ2n) is 6.24. The van der Waals surface area contributed by atoms with Gasteiger partial charge in [-0.1, -0.05) is 24.3 Å². The molecule has 27 heavy (non-hydrogen) atoms. The maximum atomic E-state index is 12.1. The van der Waals surface area contributed by atoms with Crippen LogP contribution < -0.4 is 5.43 Å². The topological polar surface area (TPSA) is 46.4 Å². The zero-order valence-electron chi connectivity index (χ0n) is 14.8. The number of amides is 1. The maximum absolute atomic E-state index is 12.1. The maximum Gasteiger partial charge on any atom is 0.271 e. The fraction of sp³-hybridized carbons (Fsp3) is 0.0909. The molecule has 0 bridgehead atoms. The van der Waals surface area contributed by atoms with Crippen LogP contribution in [0.2, 0.25) is 0 Å². The number of nitrogens with zero attached hydrogens (tertiary/aromatic N) is 2. The summed E-state index contributed by atoms with van der Waals surface area (Å²) in [6.07, 6.45) is 1.68. The van der Waals surface area contributed by atoms with Gasteiger partial charge in [-0.3, -0.25) is 4.79 Å². The number of aryl methyl sites for hydroxylation is 1. The van der Waals surface area contributed by atoms with Gasteiger partial charge < -0.3 is 4.57 Å². The van der Waals surface area contributed by atoms with E-state index in [0.29, 0.717) is 5.56 Å². The second kappa shape index (κ2) is 7.52. The van der Waals surface area contributed by atoms with Gasteiger partial charge in [0, 0.05) is 37.5 Å². The average Bonchev–Trinajstić information content (AvgIpc) is 3.01. The molecule has 0 saturated carbocycles. The van der Waals surface area contributed by atoms with Gasteiger partial charge in [-0.2, -0.15) is 5.10 Å². The summed E-state index contributed by atoms with van der Waals surface area (Å²) in [7, 11) is 0. The third kappa shape index (κ3) is 3.47. The molecule has 1 N–H and O–H groups in total. The molecule has 0 radical (unpaired) electrons. The molecule has 0 fully saturated rings. The standard InChI is InChI=1S/C22H18IN3O/c1-2-26-20-6-4-3-5-18(20)19-13-15(7-12-21(19)26)14-24-25-22(27)16-8-10-17(23)11-9-16/h3-14H,2H2,1H3,(H,25,27)/b24-14-. The number of carbonyl (C=O) groups is 1. The third-order valence-corrected chi connectivity index (χ3v) is 5.32. The Hall–Kier alpha value is -2.67. The normalized spacial score (nSPS) is 11.5. The highest BCUT2D eigenvalue weighted by Crippen LogP contribution is 2.29. The van der Waals surface area contributed by atoms with Crippen LogP contribution in [0.3, 0.4) is 0 Å². The van der Waals surface area contributed by atoms with Crippen LogP contribution in [0.4, 0.5) is 0 Å². The van der Waals surface area contributed by atoms with Crippen molar-refractivity contribution < 1.29 is 4.79 Å². The van der Waals surface area contributed by atoms with Gasteiger partial charge in [-0.05, 0) is 77.5 Å². The first-order valence-corrected chi connectivity index (χ1v) is 9.85. The van der Waals surface area contributed by atoms with Crippen molar-refractivity contribution in [2.75, 3.05) is 0 Å². The van der Waals surface area contributed by atoms with Gasteiger partial charge in [0.25, 0.3) is 5.91 Å². The lowest BCUT2D eigenvalue weighted by molar-refractivity contribution is 0.0955. The monoisotopic (exact) mass is 467 g/mol. The Kier molecular flexibility index (Phi) is 4.94. The van der Waals surface area contributed by atoms with Crippen molar-refractivity contribution in [1.29, 1.82) is 0 Å². The van der Waals surface area contributed by atoms with Crippen LogP contribution >= 0.6 is 22.6 Å². The minimum Gasteiger partial charge on any atom is -0.341 e. The number of carbonyl (C=O) groups excluding carboxylic acids is 1. The Balaban J connectivity index is 1.61. The predicted molar refractivity (Wildman–Crippen MR) is 119 cm³/mol. The Morgan fingerprint density at radius 3 is 2.56 bits per heavy atom. The highest BCUT2D eigenvalue weighted by atomic mass is 127. The van der Waals surface area contributed by atoms with E-state index in [1.807, 2.05) is 18.2 Å². The van der Waals surface area contributed by atoms with Crippen LogP contribution in [0.5, 0.6) is 0 Å². The molecule has 0 spiro atoms. The summed E-state index contributed by atoms with van der Waals surface area (Å²) in [5.74, 6) is -0.216. The molecule has 4 aromatic rings. The first-order chi connectivity index (χ1) is 13.2. The van der Waals surface area contributed by atoms with Gasteiger partial charge in [0.1, 0.15) is 0 Å². The van der Waals surface area contributed by atoms with Crippen molar-refractivity contribution in [2.45, 2.75) is 13.5 Å². The summed E-state index contributed by atoms with van der Waals surface area (Å²) in [6, 6.07) is 22.0. The summed E-state index contributed by atoms with van der Waals surface area (Å²) in [5.41, 5.74) is 6.57. The lowest BCUT2D eigenvalue weighted by Gasteiger charge is -2.03. The van der Waals surface area contributed by atoms with E-state index in [1.54, 1.807) is 18.3 Å². The number of hydrogen-bond acceptors (Lipinski definition) is 2. The molecule has 4 rings (SSSR count). The fourth-order valence-electron chi connectivity index (χ4n) is 3.32. The highest BCUT2D eigenvalue weighted by molar-refractivity contribution is 14.1. The number of para-hydroxylation sites is 1. The number of rotatable bonds is 4. The van der Waals surface area contributed by atoms with Gasteiger partial charge in [0.05, 0.1) is 6.21 Å². The van der Waals surface area contributed by atoms with E-state index >= 15 is 0 Å². The minimum absolute atomic E-state index is 0.216. The Labute approximate surface area is 171 Å². The van der Waals surface area contributed by atoms with E-state index in [0.717, 1.165) is 15.7 Å². The van der Waals surface area contributed by atoms with Crippen LogP contribution in [-0.2, 0) is 6.54 Å². The van der Waals surface area contributed by atoms with Crippen molar-refractivity contribution in [3.63, 3.8) is 0 Å². The molecule has 0 saturated heterocycles. The Morgan fingerprint density at radius 1 is 1.04 bits per heavy atom. The van der Waals surface area contributed by atoms with E-state index in [2.05, 4.69) is 81.0 Å². The number of aromatic nitrogens is 1. The van der Waals surface area contributed by atoms with E-state index < -0.39 is 0 Å². The third-order valence-electron chi connectivity index (χ3n) is 4.60. The largest absolute Gasteiger partial charge is 0.341 e. The lowest BCUT2D eigenvalue weighted by Crippen LogP contribution is -2.17. The van der Waals surface area contributed by atoms with Gasteiger partial charge in [0.2, 0.25) is 0 Å². The van der Waals surface area contributed by atoms with Crippen molar-refractivity contribution in [2.24, 2.45) is 5.10 Å². The Bertz CT molecular complexity index is 1160. The zero-order chi connectivity index (χ0) is 18.8. The first-order valence-electron chi connectivity index (χ1n) is 8.77. The molecular formula is C22H18IN3O. The molecule has 0 aliphatic carbocycles. The van der Waals surface area contributed by atoms with Crippen LogP contribution in [0.25, 0.3) is 21.8 Å². The molecule has 1 heterocycles. The quantitative estimate of drug-likeness (QED) is 0.251. The summed E-state index contributed by atoms with van der Waals surface area (Å²) < 4.78 is 3.40. The lowest BCUT2D eigenvalue weighted by atomic mass is 10.1. The van der Waals surface area contributed by atoms with Crippen LogP contribution in [-0.4, -0.2) is 16.7 Å². The number of hydrazone groups is 1. The first kappa shape index (κ1) is 17.7. The average molecular weight is 467 g/mol. The number of benzene rings is 3. The summed E-state index contributed by atoms with van der Waals surface area (Å²) in [4.78, 5) is 12.1. The zero-order valence-corrected chi connectivity index (χ0v) is 17.0. The summed E-state index contributed by atoms with van der Waals surface area (Å²) in [5, 5.41) is 6.54. The number of halogens is 1. The van der Waals surface area contributed by atoms with E-state index in [-0.39, 0.29) is 5.91 Å². The van der Waals surface area contributed by atoms with Crippen molar-refractivity contribution >= 4 is 56.5 Å². The van der Waals surface area contributed by atoms with Crippen LogP contribution in [0.1, 0.15) is 22.8 Å². The molecule has 0 aliphatic rings. The SMILES string of the molecule is CCn1c2ccccc2c2cc(/C=N\NC(=O)c3ccc(I)cc3)ccc21. The van der Waals surface area contributed by atoms with E-state index in [1.165, 1.54) is 21.8 Å². The van der Waals surface area contributed by atoms with Gasteiger partial charge in [-0.15, -0.1) is 0 Å². The van der Waals surface area contributed by atoms with Gasteiger partial charge >= 0.3 is 0 Å². The predicted octanol–water partition coefficient (Wildman–Crippen LogP) is 5.18. The molecule has 1 aromatic heterocycles. The molecule has 1 amide bonds. The second-order valence-corrected chi connectivity index (χ2v) is 7.49. The highest BCUT2D eigenvalue weighted by Gasteiger charge is 2.09. The van der Waals surface area contributed by atoms with E-state index in [4.69, 9.17) is 0 Å². The fourth-order valence-corrected chi connectivity index (χ4v) is 3.68. The molecule has 0 atom stereocenters. The number of nitrogens with one attached hydrogen (secondary N) is 1. The summed E-state index contributed by atoms with van der Waals surface area (Å²) in [6.45, 7) is 3.07. The van der Waals surface area contributed by atoms with Crippen molar-refractivity contribution in [1.82, 2.24) is 9.99 Å². The van der Waals surface area contributed by atoms with Crippen molar-refractivity contribution in [3.05, 3.63) is 81.4 Å². The van der Waals surface area contributed by atoms with Gasteiger partial charge in [-0.25, -0.2) is 5.43 Å². The van der Waals surface area contributed by atoms with Gasteiger partial charge in [0.15, 0.2) is 0 Å². The van der Waals surface area contributed by atoms with Crippen LogP contribution in [0, 0.1) is 3.57 Å². The molecule has 0 unspecified atom stereocenters. The molecule has 134 valence electrons. The number of hydrogen-bond donors (Lipinski definition) is 1. The molecule has 5 heteroatoms. The van der Waals surface area contributed by atoms with Crippen LogP contribution in [0.15, 0.2) is 71.8 Å². The van der Waals surface area contributed by atoms with E-state index in [9.17, 15) is 4.79 Å². The molecule has 0 aliphatic heterocycles. The number of fused-ring (bicyclic) bond motifs is 3. The molecule has 3 aromatic carbocycles.